The molecule has 0 spiro atoms. The topological polar surface area (TPSA) is 104 Å². The van der Waals surface area contributed by atoms with Crippen LogP contribution in [0.4, 0.5) is 0 Å². The van der Waals surface area contributed by atoms with Crippen LogP contribution < -0.4 is 0 Å². The molecule has 1 fully saturated rings. The van der Waals surface area contributed by atoms with E-state index in [1.54, 1.807) is 16.7 Å². The first-order valence-corrected chi connectivity index (χ1v) is 11.2. The molecule has 10 heteroatoms. The quantitative estimate of drug-likeness (QED) is 0.320. The van der Waals surface area contributed by atoms with Crippen LogP contribution in [0, 0.1) is 0 Å². The molecule has 0 bridgehead atoms. The van der Waals surface area contributed by atoms with Gasteiger partial charge in [-0.15, -0.1) is 5.06 Å². The Bertz CT molecular complexity index is 597. The molecule has 1 aliphatic rings. The maximum atomic E-state index is 12.1. The zero-order chi connectivity index (χ0) is 21.8. The van der Waals surface area contributed by atoms with Crippen LogP contribution in [0.15, 0.2) is 0 Å². The third-order valence-electron chi connectivity index (χ3n) is 4.49. The summed E-state index contributed by atoms with van der Waals surface area (Å²) in [5.41, 5.74) is 0. The van der Waals surface area contributed by atoms with Gasteiger partial charge < -0.3 is 14.6 Å². The molecule has 0 saturated carbocycles. The summed E-state index contributed by atoms with van der Waals surface area (Å²) in [7, 11) is 0. The largest absolute Gasteiger partial charge is 0.341 e. The van der Waals surface area contributed by atoms with Gasteiger partial charge in [0.2, 0.25) is 11.8 Å². The summed E-state index contributed by atoms with van der Waals surface area (Å²) >= 11 is 1.48. The Morgan fingerprint density at radius 2 is 1.45 bits per heavy atom. The maximum Gasteiger partial charge on any atom is 0.334 e. The number of nitrogens with zero attached hydrogens (tertiary/aromatic N) is 3. The molecule has 164 valence electrons. The second-order valence-corrected chi connectivity index (χ2v) is 7.69. The molecule has 1 saturated heterocycles. The summed E-state index contributed by atoms with van der Waals surface area (Å²) in [6.45, 7) is 7.65. The van der Waals surface area contributed by atoms with Gasteiger partial charge >= 0.3 is 5.97 Å². The third-order valence-corrected chi connectivity index (χ3v) is 5.45. The van der Waals surface area contributed by atoms with Gasteiger partial charge in [0, 0.05) is 63.4 Å². The number of hydrogen-bond acceptors (Lipinski definition) is 7. The van der Waals surface area contributed by atoms with Crippen LogP contribution in [-0.2, 0) is 28.8 Å². The number of hydroxylamine groups is 2. The van der Waals surface area contributed by atoms with Crippen LogP contribution in [0.3, 0.4) is 0 Å². The van der Waals surface area contributed by atoms with E-state index in [2.05, 4.69) is 0 Å². The Morgan fingerprint density at radius 3 is 2.00 bits per heavy atom. The molecular weight excluding hydrogens is 398 g/mol. The summed E-state index contributed by atoms with van der Waals surface area (Å²) in [4.78, 5) is 66.9. The van der Waals surface area contributed by atoms with Crippen LogP contribution in [0.25, 0.3) is 0 Å². The number of carbonyl (C=O) groups is 5. The number of likely N-dealkylation sites (N-methyl/N-ethyl adjacent to an activating group) is 1. The summed E-state index contributed by atoms with van der Waals surface area (Å²) in [6.07, 6.45) is 1.04. The molecule has 0 aromatic rings. The zero-order valence-corrected chi connectivity index (χ0v) is 18.3. The van der Waals surface area contributed by atoms with E-state index in [0.29, 0.717) is 55.6 Å². The smallest absolute Gasteiger partial charge is 0.334 e. The molecule has 0 aliphatic carbocycles. The van der Waals surface area contributed by atoms with E-state index in [1.165, 1.54) is 11.8 Å². The first-order valence-electron chi connectivity index (χ1n) is 10.0. The fourth-order valence-corrected chi connectivity index (χ4v) is 3.61. The number of carbonyl (C=O) groups excluding carboxylic acids is 5. The highest BCUT2D eigenvalue weighted by Crippen LogP contribution is 2.13. The lowest BCUT2D eigenvalue weighted by atomic mass is 10.3. The van der Waals surface area contributed by atoms with Gasteiger partial charge in [0.1, 0.15) is 0 Å². The van der Waals surface area contributed by atoms with Gasteiger partial charge in [0.15, 0.2) is 0 Å². The van der Waals surface area contributed by atoms with E-state index >= 15 is 0 Å². The average molecular weight is 430 g/mol. The third kappa shape index (κ3) is 8.43. The second kappa shape index (κ2) is 13.2. The predicted octanol–water partition coefficient (Wildman–Crippen LogP) is 1.21. The minimum Gasteiger partial charge on any atom is -0.341 e. The van der Waals surface area contributed by atoms with Gasteiger partial charge in [-0.25, -0.2) is 4.79 Å². The highest BCUT2D eigenvalue weighted by atomic mass is 32.2. The van der Waals surface area contributed by atoms with Gasteiger partial charge in [-0.05, 0) is 6.92 Å². The fourth-order valence-electron chi connectivity index (χ4n) is 2.75. The molecule has 0 aromatic heterocycles. The molecule has 0 unspecified atom stereocenters. The molecular formula is C19H31N3O6S. The lowest BCUT2D eigenvalue weighted by molar-refractivity contribution is -0.197. The second-order valence-electron chi connectivity index (χ2n) is 6.47. The summed E-state index contributed by atoms with van der Waals surface area (Å²) in [5.74, 6) is -0.429. The molecule has 29 heavy (non-hydrogen) atoms. The normalized spacial score (nSPS) is 13.6. The zero-order valence-electron chi connectivity index (χ0n) is 17.5. The number of thioether (sulfide) groups is 1. The first kappa shape index (κ1) is 24.9. The van der Waals surface area contributed by atoms with Gasteiger partial charge in [-0.3, -0.25) is 19.2 Å². The van der Waals surface area contributed by atoms with Crippen LogP contribution >= 0.6 is 11.8 Å². The van der Waals surface area contributed by atoms with Crippen molar-refractivity contribution < 1.29 is 28.8 Å². The van der Waals surface area contributed by atoms with Gasteiger partial charge in [0.25, 0.3) is 11.8 Å². The number of rotatable bonds is 13. The van der Waals surface area contributed by atoms with Crippen molar-refractivity contribution in [2.24, 2.45) is 0 Å². The van der Waals surface area contributed by atoms with Gasteiger partial charge in [-0.2, -0.15) is 11.8 Å². The lowest BCUT2D eigenvalue weighted by Crippen LogP contribution is -2.41. The molecule has 4 amide bonds. The molecule has 0 aromatic carbocycles. The minimum atomic E-state index is -0.626. The molecule has 9 nitrogen and oxygen atoms in total. The Morgan fingerprint density at radius 1 is 0.897 bits per heavy atom. The SMILES string of the molecule is CCC(=O)N(CC)CCN(CCSCCC(=O)ON1C(=O)CCC1=O)C(=O)CC. The van der Waals surface area contributed by atoms with Crippen LogP contribution in [0.2, 0.25) is 0 Å². The van der Waals surface area contributed by atoms with E-state index in [4.69, 9.17) is 4.84 Å². The van der Waals surface area contributed by atoms with Crippen LogP contribution in [-0.4, -0.2) is 82.1 Å². The van der Waals surface area contributed by atoms with Crippen molar-refractivity contribution in [3.63, 3.8) is 0 Å². The lowest BCUT2D eigenvalue weighted by Gasteiger charge is -2.27. The Hall–Kier alpha value is -2.10. The Labute approximate surface area is 176 Å². The minimum absolute atomic E-state index is 0.0241. The van der Waals surface area contributed by atoms with Gasteiger partial charge in [0.05, 0.1) is 6.42 Å². The van der Waals surface area contributed by atoms with Crippen molar-refractivity contribution in [2.75, 3.05) is 37.7 Å². The van der Waals surface area contributed by atoms with Crippen molar-refractivity contribution in [1.29, 1.82) is 0 Å². The van der Waals surface area contributed by atoms with E-state index in [0.717, 1.165) is 0 Å². The van der Waals surface area contributed by atoms with Crippen molar-refractivity contribution in [3.05, 3.63) is 0 Å². The van der Waals surface area contributed by atoms with Gasteiger partial charge in [-0.1, -0.05) is 13.8 Å². The van der Waals surface area contributed by atoms with Crippen molar-refractivity contribution in [1.82, 2.24) is 14.9 Å². The standard InChI is InChI=1S/C19H31N3O6S/c1-4-15(23)20(6-3)10-11-21(16(24)5-2)12-14-29-13-9-19(27)28-22-17(25)7-8-18(22)26/h4-14H2,1-3H3. The van der Waals surface area contributed by atoms with Crippen molar-refractivity contribution in [3.8, 4) is 0 Å². The molecule has 0 radical (unpaired) electrons. The Kier molecular flexibility index (Phi) is 11.3. The molecule has 1 aliphatic heterocycles. The van der Waals surface area contributed by atoms with Crippen LogP contribution in [0.1, 0.15) is 52.9 Å². The first-order chi connectivity index (χ1) is 13.8. The average Bonchev–Trinajstić information content (AvgIpc) is 3.03. The highest BCUT2D eigenvalue weighted by Gasteiger charge is 2.32. The number of amides is 4. The summed E-state index contributed by atoms with van der Waals surface area (Å²) in [5, 5.41) is 0.547. The van der Waals surface area contributed by atoms with Crippen LogP contribution in [0.5, 0.6) is 0 Å². The van der Waals surface area contributed by atoms with E-state index in [-0.39, 0.29) is 31.1 Å². The predicted molar refractivity (Wildman–Crippen MR) is 109 cm³/mol. The van der Waals surface area contributed by atoms with Crippen molar-refractivity contribution in [2.45, 2.75) is 52.9 Å². The Balaban J connectivity index is 2.32. The maximum absolute atomic E-state index is 12.1. The van der Waals surface area contributed by atoms with E-state index < -0.39 is 17.8 Å². The van der Waals surface area contributed by atoms with Crippen molar-refractivity contribution >= 4 is 41.4 Å². The molecule has 1 rings (SSSR count). The van der Waals surface area contributed by atoms with E-state index in [1.807, 2.05) is 13.8 Å². The molecule has 1 heterocycles. The number of hydrogen-bond donors (Lipinski definition) is 0. The molecule has 0 N–H and O–H groups in total. The molecule has 0 atom stereocenters. The highest BCUT2D eigenvalue weighted by molar-refractivity contribution is 7.99. The number of imide groups is 1. The summed E-state index contributed by atoms with van der Waals surface area (Å²) in [6, 6.07) is 0. The monoisotopic (exact) mass is 429 g/mol. The fraction of sp³-hybridized carbons (Fsp3) is 0.737. The summed E-state index contributed by atoms with van der Waals surface area (Å²) < 4.78 is 0. The van der Waals surface area contributed by atoms with E-state index in [9.17, 15) is 24.0 Å².